The fourth-order valence-electron chi connectivity index (χ4n) is 2.80. The second kappa shape index (κ2) is 9.34. The second-order valence-corrected chi connectivity index (χ2v) is 8.13. The van der Waals surface area contributed by atoms with Crippen LogP contribution in [0.4, 0.5) is 4.79 Å². The number of imide groups is 1. The van der Waals surface area contributed by atoms with Gasteiger partial charge < -0.3 is 15.1 Å². The van der Waals surface area contributed by atoms with E-state index in [-0.39, 0.29) is 17.2 Å². The lowest BCUT2D eigenvalue weighted by molar-refractivity contribution is -0.135. The number of phenols is 1. The van der Waals surface area contributed by atoms with Gasteiger partial charge in [0.2, 0.25) is 5.91 Å². The Labute approximate surface area is 182 Å². The highest BCUT2D eigenvalue weighted by Gasteiger charge is 2.37. The molecule has 3 amide bonds. The van der Waals surface area contributed by atoms with Gasteiger partial charge in [0.05, 0.1) is 17.6 Å². The Hall–Kier alpha value is -2.81. The van der Waals surface area contributed by atoms with Gasteiger partial charge in [-0.1, -0.05) is 35.9 Å². The first kappa shape index (κ1) is 21.9. The fourth-order valence-corrected chi connectivity index (χ4v) is 3.84. The highest BCUT2D eigenvalue weighted by Crippen LogP contribution is 2.32. The molecule has 156 valence electrons. The molecule has 2 N–H and O–H groups in total. The molecule has 0 saturated carbocycles. The van der Waals surface area contributed by atoms with E-state index >= 15 is 0 Å². The zero-order valence-corrected chi connectivity index (χ0v) is 17.6. The van der Waals surface area contributed by atoms with E-state index in [0.717, 1.165) is 16.7 Å². The number of halogens is 1. The summed E-state index contributed by atoms with van der Waals surface area (Å²) in [5.41, 5.74) is 1.21. The van der Waals surface area contributed by atoms with Gasteiger partial charge in [0.1, 0.15) is 12.3 Å². The van der Waals surface area contributed by atoms with E-state index in [9.17, 15) is 24.6 Å². The molecule has 0 bridgehead atoms. The molecule has 1 unspecified atom stereocenters. The molecule has 1 fully saturated rings. The molecule has 2 aromatic rings. The molecule has 1 aliphatic rings. The average Bonchev–Trinajstić information content (AvgIpc) is 2.95. The second-order valence-electron chi connectivity index (χ2n) is 6.70. The monoisotopic (exact) mass is 446 g/mol. The summed E-state index contributed by atoms with van der Waals surface area (Å²) in [4.78, 5) is 39.7. The van der Waals surface area contributed by atoms with E-state index in [1.807, 2.05) is 0 Å². The van der Waals surface area contributed by atoms with Crippen LogP contribution in [-0.2, 0) is 9.59 Å². The van der Waals surface area contributed by atoms with Crippen molar-refractivity contribution in [1.29, 1.82) is 0 Å². The zero-order chi connectivity index (χ0) is 21.8. The summed E-state index contributed by atoms with van der Waals surface area (Å²) in [5, 5.41) is 19.6. The highest BCUT2D eigenvalue weighted by atomic mass is 35.5. The third kappa shape index (κ3) is 5.21. The van der Waals surface area contributed by atoms with Gasteiger partial charge in [0.15, 0.2) is 0 Å². The molecule has 1 aliphatic heterocycles. The zero-order valence-electron chi connectivity index (χ0n) is 16.0. The quantitative estimate of drug-likeness (QED) is 0.661. The normalized spacial score (nSPS) is 16.2. The number of benzene rings is 2. The molecule has 1 heterocycles. The van der Waals surface area contributed by atoms with Crippen LogP contribution in [0.2, 0.25) is 5.02 Å². The number of hydrogen-bond acceptors (Lipinski definition) is 6. The van der Waals surface area contributed by atoms with Crippen molar-refractivity contribution in [1.82, 2.24) is 9.80 Å². The Morgan fingerprint density at radius 1 is 1.23 bits per heavy atom. The summed E-state index contributed by atoms with van der Waals surface area (Å²) in [6, 6.07) is 12.8. The van der Waals surface area contributed by atoms with Crippen molar-refractivity contribution in [2.24, 2.45) is 0 Å². The summed E-state index contributed by atoms with van der Waals surface area (Å²) in [7, 11) is 1.48. The molecule has 0 spiro atoms. The molecule has 2 aromatic carbocycles. The smallest absolute Gasteiger partial charge is 0.294 e. The summed E-state index contributed by atoms with van der Waals surface area (Å²) in [6.07, 6.45) is 0.580. The van der Waals surface area contributed by atoms with E-state index in [1.54, 1.807) is 42.5 Å². The minimum atomic E-state index is -0.975. The summed E-state index contributed by atoms with van der Waals surface area (Å²) < 4.78 is 0. The molecule has 0 aromatic heterocycles. The van der Waals surface area contributed by atoms with Crippen LogP contribution in [0, 0.1) is 0 Å². The number of likely N-dealkylation sites (N-methyl/N-ethyl adjacent to an activating group) is 1. The first-order valence-electron chi connectivity index (χ1n) is 8.96. The van der Waals surface area contributed by atoms with Crippen molar-refractivity contribution in [2.75, 3.05) is 20.1 Å². The van der Waals surface area contributed by atoms with Gasteiger partial charge in [-0.15, -0.1) is 0 Å². The van der Waals surface area contributed by atoms with Gasteiger partial charge in [-0.05, 0) is 53.2 Å². The maximum absolute atomic E-state index is 12.6. The number of aromatic hydroxyl groups is 1. The molecule has 0 aliphatic carbocycles. The Morgan fingerprint density at radius 3 is 2.60 bits per heavy atom. The number of nitrogens with zero attached hydrogens (tertiary/aromatic N) is 2. The molecule has 1 saturated heterocycles. The summed E-state index contributed by atoms with van der Waals surface area (Å²) in [5.74, 6) is -0.967. The maximum atomic E-state index is 12.6. The minimum absolute atomic E-state index is 0.0296. The Balaban J connectivity index is 1.63. The molecule has 9 heteroatoms. The molecule has 1 atom stereocenters. The van der Waals surface area contributed by atoms with E-state index < -0.39 is 29.7 Å². The Kier molecular flexibility index (Phi) is 6.81. The number of carbonyl (C=O) groups is 3. The number of thioether (sulfide) groups is 1. The Morgan fingerprint density at radius 2 is 1.93 bits per heavy atom. The topological polar surface area (TPSA) is 98.2 Å². The minimum Gasteiger partial charge on any atom is -0.508 e. The van der Waals surface area contributed by atoms with Gasteiger partial charge in [-0.3, -0.25) is 19.3 Å². The lowest BCUT2D eigenvalue weighted by atomic mass is 10.1. The van der Waals surface area contributed by atoms with E-state index in [0.29, 0.717) is 16.1 Å². The molecular formula is C21H19ClN2O5S. The predicted molar refractivity (Wildman–Crippen MR) is 115 cm³/mol. The van der Waals surface area contributed by atoms with E-state index in [1.165, 1.54) is 24.1 Å². The maximum Gasteiger partial charge on any atom is 0.294 e. The number of aliphatic hydroxyl groups excluding tert-OH is 1. The van der Waals surface area contributed by atoms with Crippen molar-refractivity contribution >= 4 is 46.5 Å². The summed E-state index contributed by atoms with van der Waals surface area (Å²) >= 11 is 6.70. The Bertz CT molecular complexity index is 1010. The molecule has 30 heavy (non-hydrogen) atoms. The average molecular weight is 447 g/mol. The lowest BCUT2D eigenvalue weighted by Gasteiger charge is -2.23. The number of phenolic OH excluding ortho intramolecular Hbond substituents is 1. The van der Waals surface area contributed by atoms with Gasteiger partial charge >= 0.3 is 0 Å². The number of amides is 3. The van der Waals surface area contributed by atoms with Crippen LogP contribution in [0.25, 0.3) is 6.08 Å². The standard InChI is InChI=1S/C21H19ClN2O5S/c1-23(11-17(26)14-5-7-16(25)8-6-14)19(27)12-24-20(28)18(30-21(24)29)10-13-3-2-4-15(22)9-13/h2-10,17,25-26H,11-12H2,1H3/b18-10-. The number of rotatable bonds is 6. The lowest BCUT2D eigenvalue weighted by Crippen LogP contribution is -2.41. The van der Waals surface area contributed by atoms with Crippen LogP contribution in [0.5, 0.6) is 5.75 Å². The fraction of sp³-hybridized carbons (Fsp3) is 0.190. The SMILES string of the molecule is CN(CC(O)c1ccc(O)cc1)C(=O)CN1C(=O)S/C(=C\c2cccc(Cl)c2)C1=O. The molecule has 3 rings (SSSR count). The number of aliphatic hydroxyl groups is 1. The van der Waals surface area contributed by atoms with Crippen molar-refractivity contribution in [3.63, 3.8) is 0 Å². The first-order chi connectivity index (χ1) is 14.2. The van der Waals surface area contributed by atoms with Crippen LogP contribution >= 0.6 is 23.4 Å². The van der Waals surface area contributed by atoms with E-state index in [2.05, 4.69) is 0 Å². The van der Waals surface area contributed by atoms with Gasteiger partial charge in [-0.2, -0.15) is 0 Å². The van der Waals surface area contributed by atoms with Crippen molar-refractivity contribution < 1.29 is 24.6 Å². The molecule has 7 nitrogen and oxygen atoms in total. The van der Waals surface area contributed by atoms with Crippen LogP contribution in [0.3, 0.4) is 0 Å². The third-order valence-electron chi connectivity index (χ3n) is 4.46. The van der Waals surface area contributed by atoms with Gasteiger partial charge in [0, 0.05) is 12.1 Å². The number of carbonyl (C=O) groups excluding carboxylic acids is 3. The summed E-state index contributed by atoms with van der Waals surface area (Å²) in [6.45, 7) is -0.450. The highest BCUT2D eigenvalue weighted by molar-refractivity contribution is 8.18. The van der Waals surface area contributed by atoms with E-state index in [4.69, 9.17) is 11.6 Å². The van der Waals surface area contributed by atoms with Crippen LogP contribution in [0.15, 0.2) is 53.4 Å². The first-order valence-corrected chi connectivity index (χ1v) is 10.2. The van der Waals surface area contributed by atoms with Crippen LogP contribution in [0.1, 0.15) is 17.2 Å². The van der Waals surface area contributed by atoms with Crippen molar-refractivity contribution in [2.45, 2.75) is 6.10 Å². The van der Waals surface area contributed by atoms with Gasteiger partial charge in [-0.25, -0.2) is 0 Å². The van der Waals surface area contributed by atoms with Gasteiger partial charge in [0.25, 0.3) is 11.1 Å². The molecular weight excluding hydrogens is 428 g/mol. The predicted octanol–water partition coefficient (Wildman–Crippen LogP) is 3.27. The largest absolute Gasteiger partial charge is 0.508 e. The third-order valence-corrected chi connectivity index (χ3v) is 5.61. The van der Waals surface area contributed by atoms with Crippen LogP contribution < -0.4 is 0 Å². The van der Waals surface area contributed by atoms with Crippen LogP contribution in [-0.4, -0.2) is 57.2 Å². The molecule has 0 radical (unpaired) electrons. The number of hydrogen-bond donors (Lipinski definition) is 2. The van der Waals surface area contributed by atoms with Crippen molar-refractivity contribution in [3.05, 3.63) is 69.6 Å². The van der Waals surface area contributed by atoms with Crippen molar-refractivity contribution in [3.8, 4) is 5.75 Å².